The summed E-state index contributed by atoms with van der Waals surface area (Å²) in [5.41, 5.74) is 0.957. The number of aryl methyl sites for hydroxylation is 1. The quantitative estimate of drug-likeness (QED) is 0.622. The molecule has 0 saturated carbocycles. The Kier molecular flexibility index (Phi) is 5.92. The van der Waals surface area contributed by atoms with Crippen molar-refractivity contribution in [2.45, 2.75) is 12.8 Å². The fourth-order valence-electron chi connectivity index (χ4n) is 3.97. The third-order valence-electron chi connectivity index (χ3n) is 5.77. The van der Waals surface area contributed by atoms with Crippen LogP contribution in [0.1, 0.15) is 12.8 Å². The molecule has 1 amide bonds. The normalized spacial score (nSPS) is 14.6. The number of carbonyl (C=O) groups excluding carboxylic acids is 1. The molecule has 0 aliphatic carbocycles. The van der Waals surface area contributed by atoms with E-state index < -0.39 is 5.56 Å². The molecule has 10 heteroatoms. The minimum Gasteiger partial charge on any atom is -0.503 e. The summed E-state index contributed by atoms with van der Waals surface area (Å²) in [5, 5.41) is 14.1. The average molecular weight is 457 g/mol. The van der Waals surface area contributed by atoms with Gasteiger partial charge in [0.1, 0.15) is 5.02 Å². The topological polar surface area (TPSA) is 104 Å². The smallest absolute Gasteiger partial charge is 0.292 e. The number of carbonyl (C=O) groups is 1. The largest absolute Gasteiger partial charge is 0.503 e. The predicted octanol–water partition coefficient (Wildman–Crippen LogP) is 2.74. The van der Waals surface area contributed by atoms with Crippen LogP contribution in [-0.2, 0) is 11.8 Å². The Hall–Kier alpha value is -3.33. The van der Waals surface area contributed by atoms with Gasteiger partial charge in [0.05, 0.1) is 11.7 Å². The maximum absolute atomic E-state index is 12.2. The number of halogens is 1. The predicted molar refractivity (Wildman–Crippen MR) is 125 cm³/mol. The summed E-state index contributed by atoms with van der Waals surface area (Å²) in [6.07, 6.45) is 3.05. The van der Waals surface area contributed by atoms with Gasteiger partial charge < -0.3 is 24.8 Å². The first-order valence-electron chi connectivity index (χ1n) is 10.3. The van der Waals surface area contributed by atoms with E-state index in [-0.39, 0.29) is 17.6 Å². The van der Waals surface area contributed by atoms with E-state index in [0.717, 1.165) is 12.8 Å². The molecule has 1 saturated heterocycles. The summed E-state index contributed by atoms with van der Waals surface area (Å²) in [5.74, 6) is 0.876. The van der Waals surface area contributed by atoms with Crippen molar-refractivity contribution in [3.05, 3.63) is 45.8 Å². The second kappa shape index (κ2) is 8.66. The highest BCUT2D eigenvalue weighted by Gasteiger charge is 2.27. The van der Waals surface area contributed by atoms with Gasteiger partial charge in [-0.1, -0.05) is 11.6 Å². The monoisotopic (exact) mass is 456 g/mol. The van der Waals surface area contributed by atoms with Crippen LogP contribution in [0.25, 0.3) is 10.9 Å². The van der Waals surface area contributed by atoms with Gasteiger partial charge in [-0.05, 0) is 37.1 Å². The summed E-state index contributed by atoms with van der Waals surface area (Å²) in [7, 11) is 5.17. The second-order valence-corrected chi connectivity index (χ2v) is 8.56. The zero-order valence-corrected chi connectivity index (χ0v) is 18.9. The number of anilines is 3. The lowest BCUT2D eigenvalue weighted by atomic mass is 9.96. The lowest BCUT2D eigenvalue weighted by Crippen LogP contribution is -2.40. The van der Waals surface area contributed by atoms with Crippen molar-refractivity contribution < 1.29 is 9.90 Å². The number of amides is 1. The van der Waals surface area contributed by atoms with Crippen LogP contribution in [0.15, 0.2) is 35.3 Å². The molecule has 0 atom stereocenters. The molecule has 0 unspecified atom stereocenters. The first kappa shape index (κ1) is 21.9. The number of nitrogens with one attached hydrogen (secondary N) is 1. The molecule has 2 N–H and O–H groups in total. The summed E-state index contributed by atoms with van der Waals surface area (Å²) in [4.78, 5) is 36.8. The van der Waals surface area contributed by atoms with E-state index in [1.165, 1.54) is 10.6 Å². The molecule has 0 radical (unpaired) electrons. The molecule has 3 aromatic rings. The molecule has 0 bridgehead atoms. The summed E-state index contributed by atoms with van der Waals surface area (Å²) < 4.78 is 1.40. The van der Waals surface area contributed by atoms with E-state index in [1.54, 1.807) is 38.3 Å². The number of rotatable bonds is 4. The zero-order valence-electron chi connectivity index (χ0n) is 18.2. The highest BCUT2D eigenvalue weighted by Crippen LogP contribution is 2.29. The number of hydrogen-bond donors (Lipinski definition) is 2. The Morgan fingerprint density at radius 2 is 1.97 bits per heavy atom. The Bertz CT molecular complexity index is 1230. The number of hydrogen-bond acceptors (Lipinski definition) is 7. The number of fused-ring (bicyclic) bond motifs is 1. The second-order valence-electron chi connectivity index (χ2n) is 8.15. The van der Waals surface area contributed by atoms with Crippen molar-refractivity contribution in [2.24, 2.45) is 13.0 Å². The Balaban J connectivity index is 1.54. The molecule has 1 fully saturated rings. The maximum Gasteiger partial charge on any atom is 0.292 e. The van der Waals surface area contributed by atoms with Crippen molar-refractivity contribution in [2.75, 3.05) is 37.4 Å². The van der Waals surface area contributed by atoms with Gasteiger partial charge in [0.15, 0.2) is 11.6 Å². The van der Waals surface area contributed by atoms with Gasteiger partial charge in [-0.15, -0.1) is 0 Å². The zero-order chi connectivity index (χ0) is 23.0. The van der Waals surface area contributed by atoms with E-state index >= 15 is 0 Å². The molecule has 168 valence electrons. The van der Waals surface area contributed by atoms with Crippen LogP contribution in [0.2, 0.25) is 5.02 Å². The van der Waals surface area contributed by atoms with Gasteiger partial charge in [0, 0.05) is 51.2 Å². The van der Waals surface area contributed by atoms with Crippen molar-refractivity contribution >= 4 is 45.9 Å². The van der Waals surface area contributed by atoms with Gasteiger partial charge >= 0.3 is 0 Å². The Morgan fingerprint density at radius 1 is 1.25 bits per heavy atom. The molecule has 32 heavy (non-hydrogen) atoms. The van der Waals surface area contributed by atoms with Crippen LogP contribution in [0.4, 0.5) is 17.5 Å². The summed E-state index contributed by atoms with van der Waals surface area (Å²) in [6, 6.07) is 6.86. The van der Waals surface area contributed by atoms with Crippen LogP contribution in [0, 0.1) is 5.92 Å². The van der Waals surface area contributed by atoms with Crippen LogP contribution < -0.4 is 15.8 Å². The van der Waals surface area contributed by atoms with E-state index in [0.29, 0.717) is 46.5 Å². The minimum absolute atomic E-state index is 0.0242. The van der Waals surface area contributed by atoms with Gasteiger partial charge in [-0.25, -0.2) is 4.98 Å². The van der Waals surface area contributed by atoms with E-state index in [4.69, 9.17) is 11.6 Å². The highest BCUT2D eigenvalue weighted by atomic mass is 35.5. The van der Waals surface area contributed by atoms with Crippen molar-refractivity contribution in [1.82, 2.24) is 19.4 Å². The molecule has 1 aromatic carbocycles. The number of aromatic nitrogens is 3. The van der Waals surface area contributed by atoms with Gasteiger partial charge in [-0.3, -0.25) is 9.59 Å². The molecule has 0 spiro atoms. The number of benzene rings is 1. The van der Waals surface area contributed by atoms with Crippen molar-refractivity contribution in [3.63, 3.8) is 0 Å². The molecule has 9 nitrogen and oxygen atoms in total. The number of piperidine rings is 1. The Labute approximate surface area is 190 Å². The lowest BCUT2D eigenvalue weighted by Gasteiger charge is -2.32. The molecule has 2 aromatic heterocycles. The third kappa shape index (κ3) is 4.20. The standard InChI is InChI=1S/C22H25ClN6O3/c1-27(2)20(31)13-6-8-29(9-7-13)22-24-12-16(23)19(26-22)25-15-4-5-17-14(10-15)11-18(30)21(32)28(17)3/h4-5,10-13,30H,6-9H2,1-3H3,(H,24,25,26). The SMILES string of the molecule is CN(C)C(=O)C1CCN(c2ncc(Cl)c(Nc3ccc4c(c3)cc(O)c(=O)n4C)n2)CC1. The molecule has 3 heterocycles. The van der Waals surface area contributed by atoms with E-state index in [1.807, 2.05) is 12.1 Å². The number of nitrogens with zero attached hydrogens (tertiary/aromatic N) is 5. The molecule has 1 aliphatic heterocycles. The van der Waals surface area contributed by atoms with Gasteiger partial charge in [0.25, 0.3) is 5.56 Å². The Morgan fingerprint density at radius 3 is 2.66 bits per heavy atom. The average Bonchev–Trinajstić information content (AvgIpc) is 2.78. The van der Waals surface area contributed by atoms with Crippen LogP contribution in [-0.4, -0.2) is 57.6 Å². The summed E-state index contributed by atoms with van der Waals surface area (Å²) in [6.45, 7) is 1.38. The van der Waals surface area contributed by atoms with E-state index in [9.17, 15) is 14.7 Å². The van der Waals surface area contributed by atoms with Crippen LogP contribution in [0.3, 0.4) is 0 Å². The fraction of sp³-hybridized carbons (Fsp3) is 0.364. The first-order chi connectivity index (χ1) is 15.2. The minimum atomic E-state index is -0.447. The number of aromatic hydroxyl groups is 1. The lowest BCUT2D eigenvalue weighted by molar-refractivity contribution is -0.133. The third-order valence-corrected chi connectivity index (χ3v) is 6.04. The van der Waals surface area contributed by atoms with Gasteiger partial charge in [0.2, 0.25) is 11.9 Å². The van der Waals surface area contributed by atoms with Gasteiger partial charge in [-0.2, -0.15) is 4.98 Å². The number of pyridine rings is 1. The molecular formula is C22H25ClN6O3. The first-order valence-corrected chi connectivity index (χ1v) is 10.7. The summed E-state index contributed by atoms with van der Waals surface area (Å²) >= 11 is 6.33. The molecule has 4 rings (SSSR count). The van der Waals surface area contributed by atoms with Crippen LogP contribution >= 0.6 is 11.6 Å². The van der Waals surface area contributed by atoms with E-state index in [2.05, 4.69) is 20.2 Å². The highest BCUT2D eigenvalue weighted by molar-refractivity contribution is 6.32. The fourth-order valence-corrected chi connectivity index (χ4v) is 4.11. The molecule has 1 aliphatic rings. The van der Waals surface area contributed by atoms with Crippen molar-refractivity contribution in [1.29, 1.82) is 0 Å². The van der Waals surface area contributed by atoms with Crippen LogP contribution in [0.5, 0.6) is 5.75 Å². The van der Waals surface area contributed by atoms with Crippen molar-refractivity contribution in [3.8, 4) is 5.75 Å². The maximum atomic E-state index is 12.2. The molecular weight excluding hydrogens is 432 g/mol.